The molecule has 0 saturated carbocycles. The molecule has 0 aromatic heterocycles. The van der Waals surface area contributed by atoms with Gasteiger partial charge < -0.3 is 5.32 Å². The van der Waals surface area contributed by atoms with E-state index >= 15 is 0 Å². The van der Waals surface area contributed by atoms with E-state index in [-0.39, 0.29) is 6.04 Å². The van der Waals surface area contributed by atoms with Gasteiger partial charge in [0.2, 0.25) is 0 Å². The lowest BCUT2D eigenvalue weighted by atomic mass is 10.0. The minimum Gasteiger partial charge on any atom is -0.309 e. The maximum atomic E-state index is 13.1. The zero-order valence-corrected chi connectivity index (χ0v) is 12.9. The summed E-state index contributed by atoms with van der Waals surface area (Å²) in [7, 11) is 0. The molecule has 2 unspecified atom stereocenters. The van der Waals surface area contributed by atoms with Crippen LogP contribution in [0.5, 0.6) is 0 Å². The second-order valence-electron chi connectivity index (χ2n) is 4.75. The summed E-state index contributed by atoms with van der Waals surface area (Å²) in [6.07, 6.45) is -3.28. The molecule has 0 radical (unpaired) electrons. The van der Waals surface area contributed by atoms with E-state index in [0.29, 0.717) is 23.1 Å². The van der Waals surface area contributed by atoms with Crippen molar-refractivity contribution >= 4 is 11.8 Å². The third-order valence-electron chi connectivity index (χ3n) is 3.21. The number of halogens is 3. The molecule has 0 spiro atoms. The summed E-state index contributed by atoms with van der Waals surface area (Å²) in [5.41, 5.74) is -0.187. The van der Waals surface area contributed by atoms with Gasteiger partial charge in [-0.05, 0) is 24.6 Å². The third-order valence-corrected chi connectivity index (χ3v) is 4.64. The Morgan fingerprint density at radius 2 is 1.85 bits per heavy atom. The number of hydrogen-bond acceptors (Lipinski definition) is 2. The van der Waals surface area contributed by atoms with Gasteiger partial charge >= 0.3 is 6.18 Å². The molecule has 0 heterocycles. The van der Waals surface area contributed by atoms with Crippen LogP contribution in [0.1, 0.15) is 44.4 Å². The highest BCUT2D eigenvalue weighted by Crippen LogP contribution is 2.35. The van der Waals surface area contributed by atoms with Crippen molar-refractivity contribution < 1.29 is 13.2 Å². The monoisotopic (exact) mass is 305 g/mol. The number of thioether (sulfide) groups is 1. The summed E-state index contributed by atoms with van der Waals surface area (Å²) in [6.45, 7) is 6.75. The maximum Gasteiger partial charge on any atom is 0.416 e. The molecule has 0 amide bonds. The van der Waals surface area contributed by atoms with Crippen LogP contribution in [-0.2, 0) is 6.18 Å². The first-order chi connectivity index (χ1) is 9.40. The summed E-state index contributed by atoms with van der Waals surface area (Å²) < 4.78 is 39.2. The molecule has 1 nitrogen and oxygen atoms in total. The normalized spacial score (nSPS) is 15.1. The number of benzene rings is 1. The van der Waals surface area contributed by atoms with E-state index in [2.05, 4.69) is 19.2 Å². The van der Waals surface area contributed by atoms with Gasteiger partial charge in [0.15, 0.2) is 0 Å². The van der Waals surface area contributed by atoms with E-state index in [0.717, 1.165) is 12.5 Å². The Kier molecular flexibility index (Phi) is 6.89. The second-order valence-corrected chi connectivity index (χ2v) is 6.22. The molecule has 1 N–H and O–H groups in total. The fraction of sp³-hybridized carbons (Fsp3) is 0.600. The Bertz CT molecular complexity index is 406. The molecule has 0 bridgehead atoms. The molecule has 0 saturated heterocycles. The fourth-order valence-electron chi connectivity index (χ4n) is 1.94. The second kappa shape index (κ2) is 7.93. The molecular formula is C15H22F3NS. The van der Waals surface area contributed by atoms with Gasteiger partial charge in [0.05, 0.1) is 5.56 Å². The average Bonchev–Trinajstić information content (AvgIpc) is 2.42. The van der Waals surface area contributed by atoms with E-state index in [1.807, 2.05) is 6.92 Å². The number of alkyl halides is 3. The van der Waals surface area contributed by atoms with E-state index in [1.165, 1.54) is 6.07 Å². The topological polar surface area (TPSA) is 12.0 Å². The van der Waals surface area contributed by atoms with Crippen molar-refractivity contribution in [2.75, 3.05) is 12.3 Å². The molecule has 5 heteroatoms. The third kappa shape index (κ3) is 5.02. The minimum absolute atomic E-state index is 0.267. The van der Waals surface area contributed by atoms with Crippen LogP contribution in [0, 0.1) is 0 Å². The minimum atomic E-state index is -4.30. The van der Waals surface area contributed by atoms with Crippen molar-refractivity contribution in [2.24, 2.45) is 0 Å². The lowest BCUT2D eigenvalue weighted by Crippen LogP contribution is -2.26. The van der Waals surface area contributed by atoms with Gasteiger partial charge in [-0.3, -0.25) is 0 Å². The molecule has 1 rings (SSSR count). The first kappa shape index (κ1) is 17.4. The summed E-state index contributed by atoms with van der Waals surface area (Å²) in [4.78, 5) is 0. The number of hydrogen-bond donors (Lipinski definition) is 1. The Hall–Kier alpha value is -0.680. The van der Waals surface area contributed by atoms with Gasteiger partial charge in [0.25, 0.3) is 0 Å². The SMILES string of the molecule is CCNC(CSC(C)CC)c1ccccc1C(F)(F)F. The Labute approximate surface area is 123 Å². The lowest BCUT2D eigenvalue weighted by Gasteiger charge is -2.23. The van der Waals surface area contributed by atoms with Crippen LogP contribution in [-0.4, -0.2) is 17.5 Å². The van der Waals surface area contributed by atoms with Gasteiger partial charge in [0, 0.05) is 17.0 Å². The lowest BCUT2D eigenvalue weighted by molar-refractivity contribution is -0.138. The molecule has 1 aromatic rings. The van der Waals surface area contributed by atoms with E-state index in [9.17, 15) is 13.2 Å². The zero-order chi connectivity index (χ0) is 15.2. The standard InChI is InChI=1S/C15H22F3NS/c1-4-11(3)20-10-14(19-5-2)12-8-6-7-9-13(12)15(16,17)18/h6-9,11,14,19H,4-5,10H2,1-3H3. The first-order valence-electron chi connectivity index (χ1n) is 6.91. The molecule has 0 aliphatic carbocycles. The van der Waals surface area contributed by atoms with Crippen molar-refractivity contribution in [3.63, 3.8) is 0 Å². The highest BCUT2D eigenvalue weighted by molar-refractivity contribution is 7.99. The van der Waals surface area contributed by atoms with E-state index in [1.54, 1.807) is 23.9 Å². The van der Waals surface area contributed by atoms with Crippen molar-refractivity contribution in [3.8, 4) is 0 Å². The van der Waals surface area contributed by atoms with Gasteiger partial charge in [-0.15, -0.1) is 0 Å². The van der Waals surface area contributed by atoms with Crippen molar-refractivity contribution in [1.29, 1.82) is 0 Å². The maximum absolute atomic E-state index is 13.1. The Morgan fingerprint density at radius 3 is 2.40 bits per heavy atom. The molecule has 2 atom stereocenters. The van der Waals surface area contributed by atoms with Gasteiger partial charge in [0.1, 0.15) is 0 Å². The molecule has 1 aromatic carbocycles. The summed E-state index contributed by atoms with van der Waals surface area (Å²) in [6, 6.07) is 5.58. The van der Waals surface area contributed by atoms with Crippen LogP contribution < -0.4 is 5.32 Å². The van der Waals surface area contributed by atoms with E-state index in [4.69, 9.17) is 0 Å². The fourth-order valence-corrected chi connectivity index (χ4v) is 3.00. The van der Waals surface area contributed by atoms with Gasteiger partial charge in [-0.2, -0.15) is 24.9 Å². The predicted octanol–water partition coefficient (Wildman–Crippen LogP) is 4.89. The summed E-state index contributed by atoms with van der Waals surface area (Å²) >= 11 is 1.71. The van der Waals surface area contributed by atoms with Gasteiger partial charge in [-0.1, -0.05) is 39.0 Å². The Morgan fingerprint density at radius 1 is 1.20 bits per heavy atom. The van der Waals surface area contributed by atoms with Gasteiger partial charge in [-0.25, -0.2) is 0 Å². The number of rotatable bonds is 7. The highest BCUT2D eigenvalue weighted by atomic mass is 32.2. The molecule has 0 fully saturated rings. The summed E-state index contributed by atoms with van der Waals surface area (Å²) in [5, 5.41) is 3.62. The largest absolute Gasteiger partial charge is 0.416 e. The van der Waals surface area contributed by atoms with Crippen LogP contribution in [0.3, 0.4) is 0 Å². The van der Waals surface area contributed by atoms with Crippen LogP contribution >= 0.6 is 11.8 Å². The quantitative estimate of drug-likeness (QED) is 0.770. The number of nitrogens with one attached hydrogen (secondary N) is 1. The van der Waals surface area contributed by atoms with Crippen LogP contribution in [0.25, 0.3) is 0 Å². The molecule has 0 aliphatic heterocycles. The van der Waals surface area contributed by atoms with E-state index < -0.39 is 11.7 Å². The molecule has 0 aliphatic rings. The molecular weight excluding hydrogens is 283 g/mol. The molecule has 20 heavy (non-hydrogen) atoms. The average molecular weight is 305 g/mol. The van der Waals surface area contributed by atoms with Crippen LogP contribution in [0.4, 0.5) is 13.2 Å². The van der Waals surface area contributed by atoms with Crippen LogP contribution in [0.15, 0.2) is 24.3 Å². The summed E-state index contributed by atoms with van der Waals surface area (Å²) in [5.74, 6) is 0.649. The zero-order valence-electron chi connectivity index (χ0n) is 12.1. The highest BCUT2D eigenvalue weighted by Gasteiger charge is 2.34. The molecule has 114 valence electrons. The first-order valence-corrected chi connectivity index (χ1v) is 7.96. The van der Waals surface area contributed by atoms with Crippen molar-refractivity contribution in [2.45, 2.75) is 44.7 Å². The smallest absolute Gasteiger partial charge is 0.309 e. The predicted molar refractivity (Wildman–Crippen MR) is 80.1 cm³/mol. The van der Waals surface area contributed by atoms with Crippen molar-refractivity contribution in [1.82, 2.24) is 5.32 Å². The Balaban J connectivity index is 2.96. The van der Waals surface area contributed by atoms with Crippen molar-refractivity contribution in [3.05, 3.63) is 35.4 Å². The van der Waals surface area contributed by atoms with Crippen LogP contribution in [0.2, 0.25) is 0 Å².